The van der Waals surface area contributed by atoms with E-state index in [4.69, 9.17) is 18.9 Å². The van der Waals surface area contributed by atoms with Crippen molar-refractivity contribution in [1.29, 1.82) is 0 Å². The molecule has 0 radical (unpaired) electrons. The zero-order chi connectivity index (χ0) is 25.5. The van der Waals surface area contributed by atoms with Crippen LogP contribution in [0.4, 0.5) is 0 Å². The zero-order valence-electron chi connectivity index (χ0n) is 20.0. The third-order valence-electron chi connectivity index (χ3n) is 5.04. The maximum atomic E-state index is 12.2. The Morgan fingerprint density at radius 1 is 1.21 bits per heavy atom. The van der Waals surface area contributed by atoms with Gasteiger partial charge in [-0.2, -0.15) is 0 Å². The number of carbonyl (C=O) groups excluding carboxylic acids is 3. The van der Waals surface area contributed by atoms with E-state index in [1.165, 1.54) is 43.8 Å². The summed E-state index contributed by atoms with van der Waals surface area (Å²) in [6.45, 7) is 6.73. The van der Waals surface area contributed by atoms with Crippen molar-refractivity contribution >= 4 is 17.7 Å². The predicted molar refractivity (Wildman–Crippen MR) is 116 cm³/mol. The lowest BCUT2D eigenvalue weighted by atomic mass is 10.0. The Hall–Kier alpha value is -2.67. The first-order valence-corrected chi connectivity index (χ1v) is 11.0. The van der Waals surface area contributed by atoms with Gasteiger partial charge in [0, 0.05) is 13.8 Å². The van der Waals surface area contributed by atoms with Gasteiger partial charge in [-0.3, -0.25) is 14.4 Å². The summed E-state index contributed by atoms with van der Waals surface area (Å²) >= 11 is 0. The number of aliphatic hydroxyl groups excluding tert-OH is 1. The highest BCUT2D eigenvalue weighted by molar-refractivity contribution is 5.84. The molecule has 1 aliphatic rings. The molecule has 0 saturated carbocycles. The number of hydrogen-bond donors (Lipinski definition) is 2. The van der Waals surface area contributed by atoms with E-state index >= 15 is 0 Å². The molecule has 0 saturated heterocycles. The number of nitrogens with zero attached hydrogens (tertiary/aromatic N) is 3. The van der Waals surface area contributed by atoms with Gasteiger partial charge in [-0.25, -0.2) is 4.68 Å². The molecule has 190 valence electrons. The third-order valence-corrected chi connectivity index (χ3v) is 5.04. The summed E-state index contributed by atoms with van der Waals surface area (Å²) in [5.41, 5.74) is -1.62. The molecule has 12 nitrogen and oxygen atoms in total. The molecule has 1 aromatic heterocycles. The molecule has 0 aromatic carbocycles. The number of Topliss-reactive ketones (excluding diaryl/α,β-unsaturated/α-hetero) is 1. The molecule has 2 heterocycles. The fourth-order valence-electron chi connectivity index (χ4n) is 3.21. The number of aliphatic hydroxyl groups is 2. The summed E-state index contributed by atoms with van der Waals surface area (Å²) in [5, 5.41) is 29.0. The molecule has 0 spiro atoms. The van der Waals surface area contributed by atoms with Gasteiger partial charge in [-0.05, 0) is 31.4 Å². The van der Waals surface area contributed by atoms with Crippen molar-refractivity contribution in [2.45, 2.75) is 77.8 Å². The molecule has 34 heavy (non-hydrogen) atoms. The molecule has 0 fully saturated rings. The molecular weight excluding hydrogens is 450 g/mol. The molecule has 1 aliphatic heterocycles. The van der Waals surface area contributed by atoms with Gasteiger partial charge >= 0.3 is 11.9 Å². The van der Waals surface area contributed by atoms with Crippen molar-refractivity contribution in [3.05, 3.63) is 24.0 Å². The van der Waals surface area contributed by atoms with Crippen LogP contribution in [0, 0.1) is 5.92 Å². The van der Waals surface area contributed by atoms with Crippen LogP contribution in [0.2, 0.25) is 0 Å². The van der Waals surface area contributed by atoms with Crippen LogP contribution in [0.1, 0.15) is 52.8 Å². The first-order valence-electron chi connectivity index (χ1n) is 11.0. The Morgan fingerprint density at radius 2 is 1.91 bits per heavy atom. The Bertz CT molecular complexity index is 885. The molecule has 2 N–H and O–H groups in total. The first kappa shape index (κ1) is 27.6. The van der Waals surface area contributed by atoms with Crippen LogP contribution in [-0.4, -0.2) is 80.2 Å². The minimum Gasteiger partial charge on any atom is -0.463 e. The monoisotopic (exact) mass is 483 g/mol. The second-order valence-corrected chi connectivity index (χ2v) is 8.69. The maximum absolute atomic E-state index is 12.2. The van der Waals surface area contributed by atoms with Gasteiger partial charge in [-0.15, -0.1) is 5.10 Å². The summed E-state index contributed by atoms with van der Waals surface area (Å²) in [5.74, 6) is -1.39. The second-order valence-electron chi connectivity index (χ2n) is 8.69. The lowest BCUT2D eigenvalue weighted by molar-refractivity contribution is -0.211. The van der Waals surface area contributed by atoms with E-state index in [1.54, 1.807) is 0 Å². The van der Waals surface area contributed by atoms with Gasteiger partial charge in [0.2, 0.25) is 0 Å². The number of esters is 2. The fraction of sp³-hybridized carbons (Fsp3) is 0.682. The minimum absolute atomic E-state index is 0.186. The molecule has 2 unspecified atom stereocenters. The summed E-state index contributed by atoms with van der Waals surface area (Å²) in [7, 11) is 0. The van der Waals surface area contributed by atoms with Gasteiger partial charge in [-0.1, -0.05) is 19.1 Å². The van der Waals surface area contributed by atoms with Crippen molar-refractivity contribution in [3.8, 4) is 0 Å². The van der Waals surface area contributed by atoms with Crippen LogP contribution in [0.3, 0.4) is 0 Å². The quantitative estimate of drug-likeness (QED) is 0.314. The minimum atomic E-state index is -1.96. The smallest absolute Gasteiger partial charge is 0.303 e. The number of carbonyl (C=O) groups is 3. The summed E-state index contributed by atoms with van der Waals surface area (Å²) in [6, 6.07) is 0. The summed E-state index contributed by atoms with van der Waals surface area (Å²) < 4.78 is 22.7. The Labute approximate surface area is 197 Å². The average molecular weight is 484 g/mol. The number of ketones is 1. The Kier molecular flexibility index (Phi) is 9.86. The van der Waals surface area contributed by atoms with Crippen molar-refractivity contribution in [2.24, 2.45) is 5.92 Å². The highest BCUT2D eigenvalue weighted by Gasteiger charge is 2.37. The number of ether oxygens (including phenoxy) is 4. The standard InChI is InChI=1S/C22H33N3O9/c1-13(2)8-18(29)17-9-25(24-23-17)11-22(30,14(3)26)12-32-21-7-6-19(33-16(5)28)20(34-21)10-31-15(4)27/h6-7,9,13,18-21,29-30H,8,10-12H2,1-5H3/t18?,19-,20+,21-,22?/m0/s1. The summed E-state index contributed by atoms with van der Waals surface area (Å²) in [4.78, 5) is 34.7. The number of aromatic nitrogens is 3. The number of hydrogen-bond acceptors (Lipinski definition) is 11. The van der Waals surface area contributed by atoms with Crippen molar-refractivity contribution in [1.82, 2.24) is 15.0 Å². The molecular formula is C22H33N3O9. The maximum Gasteiger partial charge on any atom is 0.303 e. The molecule has 1 aromatic rings. The predicted octanol–water partition coefficient (Wildman–Crippen LogP) is 0.470. The van der Waals surface area contributed by atoms with Gasteiger partial charge in [0.1, 0.15) is 24.5 Å². The van der Waals surface area contributed by atoms with Crippen LogP contribution in [0.5, 0.6) is 0 Å². The zero-order valence-corrected chi connectivity index (χ0v) is 20.0. The van der Waals surface area contributed by atoms with E-state index in [-0.39, 0.29) is 19.1 Å². The van der Waals surface area contributed by atoms with Crippen molar-refractivity contribution in [2.75, 3.05) is 13.2 Å². The van der Waals surface area contributed by atoms with Crippen LogP contribution < -0.4 is 0 Å². The first-order chi connectivity index (χ1) is 15.9. The molecule has 12 heteroatoms. The molecule has 0 bridgehead atoms. The van der Waals surface area contributed by atoms with Gasteiger partial charge in [0.05, 0.1) is 25.5 Å². The van der Waals surface area contributed by atoms with Gasteiger partial charge in [0.25, 0.3) is 0 Å². The molecule has 2 rings (SSSR count). The summed E-state index contributed by atoms with van der Waals surface area (Å²) in [6.07, 6.45) is 1.50. The molecule has 0 amide bonds. The Morgan fingerprint density at radius 3 is 2.50 bits per heavy atom. The van der Waals surface area contributed by atoms with E-state index in [1.807, 2.05) is 13.8 Å². The van der Waals surface area contributed by atoms with Crippen LogP contribution in [-0.2, 0) is 39.9 Å². The lowest BCUT2D eigenvalue weighted by Gasteiger charge is -2.33. The van der Waals surface area contributed by atoms with E-state index in [2.05, 4.69) is 10.3 Å². The van der Waals surface area contributed by atoms with E-state index in [0.717, 1.165) is 0 Å². The van der Waals surface area contributed by atoms with E-state index in [0.29, 0.717) is 12.1 Å². The van der Waals surface area contributed by atoms with E-state index < -0.39 is 54.5 Å². The normalized spacial score (nSPS) is 22.8. The van der Waals surface area contributed by atoms with Crippen molar-refractivity contribution < 1.29 is 43.5 Å². The van der Waals surface area contributed by atoms with Crippen LogP contribution in [0.25, 0.3) is 0 Å². The SMILES string of the molecule is CC(=O)OC[C@H]1O[C@H](OCC(O)(Cn2cc(C(O)CC(C)C)nn2)C(C)=O)C=C[C@@H]1OC(C)=O. The largest absolute Gasteiger partial charge is 0.463 e. The molecule has 0 aliphatic carbocycles. The average Bonchev–Trinajstić information content (AvgIpc) is 3.19. The highest BCUT2D eigenvalue weighted by Crippen LogP contribution is 2.22. The second kappa shape index (κ2) is 12.2. The third kappa shape index (κ3) is 8.28. The molecule has 5 atom stereocenters. The van der Waals surface area contributed by atoms with Gasteiger partial charge in [0.15, 0.2) is 17.7 Å². The highest BCUT2D eigenvalue weighted by atomic mass is 16.7. The van der Waals surface area contributed by atoms with Crippen LogP contribution >= 0.6 is 0 Å². The van der Waals surface area contributed by atoms with Crippen molar-refractivity contribution in [3.63, 3.8) is 0 Å². The lowest BCUT2D eigenvalue weighted by Crippen LogP contribution is -2.48. The fourth-order valence-corrected chi connectivity index (χ4v) is 3.21. The topological polar surface area (TPSA) is 159 Å². The van der Waals surface area contributed by atoms with E-state index in [9.17, 15) is 24.6 Å². The number of rotatable bonds is 12. The Balaban J connectivity index is 2.05. The van der Waals surface area contributed by atoms with Crippen LogP contribution in [0.15, 0.2) is 18.3 Å². The van der Waals surface area contributed by atoms with Gasteiger partial charge < -0.3 is 29.2 Å².